The molecular formula is C15H21NO2. The third kappa shape index (κ3) is 2.66. The van der Waals surface area contributed by atoms with Gasteiger partial charge in [-0.1, -0.05) is 24.3 Å². The van der Waals surface area contributed by atoms with Gasteiger partial charge in [0.15, 0.2) is 0 Å². The Balaban J connectivity index is 2.12. The molecule has 0 saturated heterocycles. The molecule has 0 spiro atoms. The molecule has 18 heavy (non-hydrogen) atoms. The van der Waals surface area contributed by atoms with E-state index in [9.17, 15) is 4.79 Å². The fraction of sp³-hybridized carbons (Fsp3) is 0.533. The maximum Gasteiger partial charge on any atom is 0.410 e. The normalized spacial score (nSPS) is 18.3. The monoisotopic (exact) mass is 247 g/mol. The molecule has 0 fully saturated rings. The molecule has 2 rings (SSSR count). The van der Waals surface area contributed by atoms with E-state index >= 15 is 0 Å². The molecule has 1 amide bonds. The maximum absolute atomic E-state index is 12.1. The highest BCUT2D eigenvalue weighted by Gasteiger charge is 2.30. The van der Waals surface area contributed by atoms with Crippen LogP contribution in [0.25, 0.3) is 0 Å². The second-order valence-electron chi connectivity index (χ2n) is 5.84. The second-order valence-corrected chi connectivity index (χ2v) is 5.84. The third-order valence-electron chi connectivity index (χ3n) is 3.25. The summed E-state index contributed by atoms with van der Waals surface area (Å²) in [4.78, 5) is 13.8. The molecule has 1 aromatic rings. The molecule has 0 heterocycles. The zero-order valence-corrected chi connectivity index (χ0v) is 11.6. The minimum atomic E-state index is -0.441. The highest BCUT2D eigenvalue weighted by molar-refractivity contribution is 5.68. The van der Waals surface area contributed by atoms with Crippen molar-refractivity contribution in [3.05, 3.63) is 35.4 Å². The number of nitrogens with zero attached hydrogens (tertiary/aromatic N) is 1. The van der Waals surface area contributed by atoms with E-state index in [2.05, 4.69) is 18.2 Å². The number of carbonyl (C=O) groups excluding carboxylic acids is 1. The Bertz CT molecular complexity index is 448. The fourth-order valence-corrected chi connectivity index (χ4v) is 2.40. The first-order chi connectivity index (χ1) is 8.38. The van der Waals surface area contributed by atoms with Crippen LogP contribution >= 0.6 is 0 Å². The lowest BCUT2D eigenvalue weighted by Gasteiger charge is -2.29. The molecule has 1 aliphatic carbocycles. The summed E-state index contributed by atoms with van der Waals surface area (Å²) in [7, 11) is 1.82. The molecule has 0 saturated carbocycles. The van der Waals surface area contributed by atoms with Crippen LogP contribution in [0.4, 0.5) is 4.79 Å². The maximum atomic E-state index is 12.1. The van der Waals surface area contributed by atoms with Gasteiger partial charge in [0.05, 0.1) is 6.04 Å². The minimum absolute atomic E-state index is 0.149. The Morgan fingerprint density at radius 3 is 2.67 bits per heavy atom. The van der Waals surface area contributed by atoms with Gasteiger partial charge >= 0.3 is 6.09 Å². The number of hydrogen-bond donors (Lipinski definition) is 0. The van der Waals surface area contributed by atoms with Gasteiger partial charge in [-0.25, -0.2) is 4.79 Å². The molecule has 0 aliphatic heterocycles. The van der Waals surface area contributed by atoms with E-state index in [1.54, 1.807) is 4.90 Å². The van der Waals surface area contributed by atoms with E-state index in [-0.39, 0.29) is 12.1 Å². The largest absolute Gasteiger partial charge is 0.444 e. The summed E-state index contributed by atoms with van der Waals surface area (Å²) < 4.78 is 5.41. The van der Waals surface area contributed by atoms with Crippen molar-refractivity contribution in [2.75, 3.05) is 7.05 Å². The summed E-state index contributed by atoms with van der Waals surface area (Å²) in [6.07, 6.45) is 1.77. The van der Waals surface area contributed by atoms with Gasteiger partial charge in [-0.3, -0.25) is 0 Å². The average Bonchev–Trinajstić information content (AvgIpc) is 2.69. The van der Waals surface area contributed by atoms with E-state index in [4.69, 9.17) is 4.74 Å². The van der Waals surface area contributed by atoms with E-state index in [1.165, 1.54) is 11.1 Å². The summed E-state index contributed by atoms with van der Waals surface area (Å²) in [6.45, 7) is 5.67. The quantitative estimate of drug-likeness (QED) is 0.759. The van der Waals surface area contributed by atoms with Crippen LogP contribution in [0.5, 0.6) is 0 Å². The fourth-order valence-electron chi connectivity index (χ4n) is 2.40. The van der Waals surface area contributed by atoms with Crippen LogP contribution in [0, 0.1) is 0 Å². The molecule has 0 aromatic heterocycles. The van der Waals surface area contributed by atoms with Crippen molar-refractivity contribution in [2.45, 2.75) is 45.3 Å². The Kier molecular flexibility index (Phi) is 3.33. The van der Waals surface area contributed by atoms with Crippen molar-refractivity contribution >= 4 is 6.09 Å². The summed E-state index contributed by atoms with van der Waals surface area (Å²) in [5, 5.41) is 0. The van der Waals surface area contributed by atoms with Crippen LogP contribution in [0.15, 0.2) is 24.3 Å². The number of aryl methyl sites for hydroxylation is 1. The van der Waals surface area contributed by atoms with Gasteiger partial charge in [-0.15, -0.1) is 0 Å². The zero-order chi connectivity index (χ0) is 13.3. The third-order valence-corrected chi connectivity index (χ3v) is 3.25. The van der Waals surface area contributed by atoms with Crippen LogP contribution in [0.1, 0.15) is 44.4 Å². The highest BCUT2D eigenvalue weighted by atomic mass is 16.6. The zero-order valence-electron chi connectivity index (χ0n) is 11.6. The number of fused-ring (bicyclic) bond motifs is 1. The molecule has 0 unspecified atom stereocenters. The van der Waals surface area contributed by atoms with Crippen molar-refractivity contribution in [1.29, 1.82) is 0 Å². The topological polar surface area (TPSA) is 29.5 Å². The van der Waals surface area contributed by atoms with Crippen molar-refractivity contribution in [3.63, 3.8) is 0 Å². The van der Waals surface area contributed by atoms with Gasteiger partial charge in [0.2, 0.25) is 0 Å². The highest BCUT2D eigenvalue weighted by Crippen LogP contribution is 2.35. The van der Waals surface area contributed by atoms with Crippen LogP contribution in [0.2, 0.25) is 0 Å². The van der Waals surface area contributed by atoms with Crippen molar-refractivity contribution in [1.82, 2.24) is 4.90 Å². The lowest BCUT2D eigenvalue weighted by atomic mass is 10.1. The number of benzene rings is 1. The molecule has 1 aromatic carbocycles. The molecule has 0 radical (unpaired) electrons. The number of carbonyl (C=O) groups is 1. The van der Waals surface area contributed by atoms with E-state index in [1.807, 2.05) is 33.9 Å². The first-order valence-electron chi connectivity index (χ1n) is 6.42. The molecule has 1 aliphatic rings. The molecular weight excluding hydrogens is 226 g/mol. The number of rotatable bonds is 1. The van der Waals surface area contributed by atoms with Crippen LogP contribution in [-0.4, -0.2) is 23.6 Å². The Morgan fingerprint density at radius 1 is 1.33 bits per heavy atom. The van der Waals surface area contributed by atoms with E-state index in [0.717, 1.165) is 12.8 Å². The van der Waals surface area contributed by atoms with Gasteiger partial charge in [0.1, 0.15) is 5.60 Å². The lowest BCUT2D eigenvalue weighted by molar-refractivity contribution is 0.0220. The van der Waals surface area contributed by atoms with E-state index < -0.39 is 5.60 Å². The van der Waals surface area contributed by atoms with Crippen LogP contribution in [0.3, 0.4) is 0 Å². The van der Waals surface area contributed by atoms with Gasteiger partial charge in [-0.2, -0.15) is 0 Å². The Labute approximate surface area is 109 Å². The first kappa shape index (κ1) is 12.9. The average molecular weight is 247 g/mol. The Morgan fingerprint density at radius 2 is 2.00 bits per heavy atom. The summed E-state index contributed by atoms with van der Waals surface area (Å²) in [6, 6.07) is 8.47. The van der Waals surface area contributed by atoms with Gasteiger partial charge in [0.25, 0.3) is 0 Å². The number of ether oxygens (including phenoxy) is 1. The SMILES string of the molecule is CN(C(=O)OC(C)(C)C)[C@@H]1CCc2ccccc21. The van der Waals surface area contributed by atoms with Crippen molar-refractivity contribution in [2.24, 2.45) is 0 Å². The second kappa shape index (κ2) is 4.63. The standard InChI is InChI=1S/C15H21NO2/c1-15(2,3)18-14(17)16(4)13-10-9-11-7-5-6-8-12(11)13/h5-8,13H,9-10H2,1-4H3/t13-/m1/s1. The van der Waals surface area contributed by atoms with Crippen molar-refractivity contribution < 1.29 is 9.53 Å². The summed E-state index contributed by atoms with van der Waals surface area (Å²) >= 11 is 0. The predicted octanol–water partition coefficient (Wildman–Crippen LogP) is 3.54. The van der Waals surface area contributed by atoms with Gasteiger partial charge in [-0.05, 0) is 44.7 Å². The van der Waals surface area contributed by atoms with Crippen LogP contribution in [-0.2, 0) is 11.2 Å². The van der Waals surface area contributed by atoms with E-state index in [0.29, 0.717) is 0 Å². The first-order valence-corrected chi connectivity index (χ1v) is 6.42. The molecule has 0 N–H and O–H groups in total. The molecule has 0 bridgehead atoms. The van der Waals surface area contributed by atoms with Crippen molar-refractivity contribution in [3.8, 4) is 0 Å². The van der Waals surface area contributed by atoms with Gasteiger partial charge in [0, 0.05) is 7.05 Å². The molecule has 3 nitrogen and oxygen atoms in total. The summed E-state index contributed by atoms with van der Waals surface area (Å²) in [5.41, 5.74) is 2.16. The number of hydrogen-bond acceptors (Lipinski definition) is 2. The van der Waals surface area contributed by atoms with Crippen LogP contribution < -0.4 is 0 Å². The lowest BCUT2D eigenvalue weighted by Crippen LogP contribution is -2.36. The minimum Gasteiger partial charge on any atom is -0.444 e. The predicted molar refractivity (Wildman–Crippen MR) is 71.5 cm³/mol. The number of amides is 1. The van der Waals surface area contributed by atoms with Gasteiger partial charge < -0.3 is 9.64 Å². The summed E-state index contributed by atoms with van der Waals surface area (Å²) in [5.74, 6) is 0. The molecule has 3 heteroatoms. The Hall–Kier alpha value is -1.51. The molecule has 98 valence electrons. The molecule has 1 atom stereocenters. The smallest absolute Gasteiger partial charge is 0.410 e.